The Bertz CT molecular complexity index is 425. The van der Waals surface area contributed by atoms with Crippen LogP contribution in [-0.2, 0) is 0 Å². The summed E-state index contributed by atoms with van der Waals surface area (Å²) in [6.07, 6.45) is -0.647. The molecule has 1 heterocycles. The Morgan fingerprint density at radius 1 is 1.53 bits per heavy atom. The van der Waals surface area contributed by atoms with E-state index in [0.29, 0.717) is 0 Å². The molecule has 0 aromatic carbocycles. The summed E-state index contributed by atoms with van der Waals surface area (Å²) in [6.45, 7) is 5.76. The maximum Gasteiger partial charge on any atom is 0.511 e. The minimum atomic E-state index is -1.42. The lowest BCUT2D eigenvalue weighted by molar-refractivity contribution is 0.0912. The van der Waals surface area contributed by atoms with Crippen molar-refractivity contribution in [2.45, 2.75) is 32.7 Å². The van der Waals surface area contributed by atoms with Gasteiger partial charge in [0.25, 0.3) is 5.91 Å². The van der Waals surface area contributed by atoms with Crippen molar-refractivity contribution in [3.05, 3.63) is 16.3 Å². The Balaban J connectivity index is 2.82. The molecule has 0 atom stereocenters. The van der Waals surface area contributed by atoms with Crippen LogP contribution in [0, 0.1) is 0 Å². The molecule has 0 bridgehead atoms. The fourth-order valence-corrected chi connectivity index (χ4v) is 1.80. The van der Waals surface area contributed by atoms with Crippen LogP contribution in [0.5, 0.6) is 5.75 Å². The summed E-state index contributed by atoms with van der Waals surface area (Å²) in [5.74, 6) is -0.241. The minimum absolute atomic E-state index is 0.0758. The van der Waals surface area contributed by atoms with Crippen LogP contribution in [0.3, 0.4) is 0 Å². The van der Waals surface area contributed by atoms with Gasteiger partial charge in [-0.1, -0.05) is 6.92 Å². The Hall–Kier alpha value is -1.56. The first-order valence-corrected chi connectivity index (χ1v) is 6.04. The Morgan fingerprint density at radius 2 is 2.18 bits per heavy atom. The van der Waals surface area contributed by atoms with Crippen LogP contribution >= 0.6 is 11.3 Å². The standard InChI is InChI=1S/C11H15NO4S/c1-4-11(2,3)12-9(13)8-7(5-6-17-8)16-10(14)15/h5-6H,4H2,1-3H3,(H,12,13)(H,14,15). The van der Waals surface area contributed by atoms with E-state index in [1.54, 1.807) is 5.38 Å². The number of amides is 1. The summed E-state index contributed by atoms with van der Waals surface area (Å²) in [4.78, 5) is 22.6. The van der Waals surface area contributed by atoms with E-state index in [-0.39, 0.29) is 22.1 Å². The molecule has 5 nitrogen and oxygen atoms in total. The molecule has 2 N–H and O–H groups in total. The number of hydrogen-bond acceptors (Lipinski definition) is 4. The molecule has 1 amide bonds. The number of carbonyl (C=O) groups excluding carboxylic acids is 1. The van der Waals surface area contributed by atoms with Crippen LogP contribution in [-0.4, -0.2) is 22.7 Å². The normalized spacial score (nSPS) is 11.0. The lowest BCUT2D eigenvalue weighted by Crippen LogP contribution is -2.42. The van der Waals surface area contributed by atoms with Crippen molar-refractivity contribution >= 4 is 23.4 Å². The van der Waals surface area contributed by atoms with Gasteiger partial charge in [0.15, 0.2) is 5.75 Å². The molecule has 0 radical (unpaired) electrons. The molecule has 1 aromatic heterocycles. The van der Waals surface area contributed by atoms with Crippen molar-refractivity contribution < 1.29 is 19.4 Å². The number of nitrogens with one attached hydrogen (secondary N) is 1. The number of thiophene rings is 1. The fourth-order valence-electron chi connectivity index (χ4n) is 1.09. The molecule has 0 aliphatic carbocycles. The molecule has 1 rings (SSSR count). The third-order valence-electron chi connectivity index (χ3n) is 2.37. The summed E-state index contributed by atoms with van der Waals surface area (Å²) in [5.41, 5.74) is -0.332. The largest absolute Gasteiger partial charge is 0.511 e. The number of ether oxygens (including phenoxy) is 1. The summed E-state index contributed by atoms with van der Waals surface area (Å²) in [6, 6.07) is 1.46. The van der Waals surface area contributed by atoms with Gasteiger partial charge >= 0.3 is 6.16 Å². The van der Waals surface area contributed by atoms with Crippen molar-refractivity contribution in [3.8, 4) is 5.75 Å². The molecule has 0 saturated carbocycles. The van der Waals surface area contributed by atoms with E-state index in [2.05, 4.69) is 10.1 Å². The molecular formula is C11H15NO4S. The highest BCUT2D eigenvalue weighted by Gasteiger charge is 2.23. The predicted molar refractivity (Wildman–Crippen MR) is 64.8 cm³/mol. The number of carbonyl (C=O) groups is 2. The monoisotopic (exact) mass is 257 g/mol. The Morgan fingerprint density at radius 3 is 2.71 bits per heavy atom. The molecule has 0 fully saturated rings. The summed E-state index contributed by atoms with van der Waals surface area (Å²) in [5, 5.41) is 13.0. The highest BCUT2D eigenvalue weighted by molar-refractivity contribution is 7.12. The van der Waals surface area contributed by atoms with Crippen molar-refractivity contribution in [1.82, 2.24) is 5.32 Å². The molecule has 0 unspecified atom stereocenters. The van der Waals surface area contributed by atoms with Crippen LogP contribution in [0.2, 0.25) is 0 Å². The van der Waals surface area contributed by atoms with Gasteiger partial charge in [0.05, 0.1) is 0 Å². The summed E-state index contributed by atoms with van der Waals surface area (Å²) >= 11 is 1.15. The lowest BCUT2D eigenvalue weighted by atomic mass is 10.0. The molecular weight excluding hydrogens is 242 g/mol. The van der Waals surface area contributed by atoms with Gasteiger partial charge < -0.3 is 15.2 Å². The second-order valence-electron chi connectivity index (χ2n) is 4.17. The van der Waals surface area contributed by atoms with Crippen LogP contribution in [0.25, 0.3) is 0 Å². The topological polar surface area (TPSA) is 75.6 Å². The SMILES string of the molecule is CCC(C)(C)NC(=O)c1sccc1OC(=O)O. The quantitative estimate of drug-likeness (QED) is 0.813. The number of rotatable bonds is 4. The Kier molecular flexibility index (Phi) is 4.11. The molecule has 0 aliphatic rings. The highest BCUT2D eigenvalue weighted by atomic mass is 32.1. The molecule has 0 spiro atoms. The zero-order chi connectivity index (χ0) is 13.1. The van der Waals surface area contributed by atoms with E-state index < -0.39 is 6.16 Å². The van der Waals surface area contributed by atoms with E-state index in [0.717, 1.165) is 17.8 Å². The van der Waals surface area contributed by atoms with Crippen LogP contribution in [0.15, 0.2) is 11.4 Å². The third kappa shape index (κ3) is 3.74. The van der Waals surface area contributed by atoms with Gasteiger partial charge in [-0.05, 0) is 31.7 Å². The first kappa shape index (κ1) is 13.5. The number of hydrogen-bond donors (Lipinski definition) is 2. The van der Waals surface area contributed by atoms with E-state index in [9.17, 15) is 9.59 Å². The first-order chi connectivity index (χ1) is 7.85. The van der Waals surface area contributed by atoms with Crippen molar-refractivity contribution in [1.29, 1.82) is 0 Å². The molecule has 1 aromatic rings. The summed E-state index contributed by atoms with van der Waals surface area (Å²) in [7, 11) is 0. The van der Waals surface area contributed by atoms with Crippen molar-refractivity contribution in [3.63, 3.8) is 0 Å². The minimum Gasteiger partial charge on any atom is -0.449 e. The average molecular weight is 257 g/mol. The first-order valence-electron chi connectivity index (χ1n) is 5.16. The predicted octanol–water partition coefficient (Wildman–Crippen LogP) is 2.72. The second kappa shape index (κ2) is 5.18. The number of carboxylic acid groups (broad SMARTS) is 1. The van der Waals surface area contributed by atoms with Crippen LogP contribution < -0.4 is 10.1 Å². The third-order valence-corrected chi connectivity index (χ3v) is 3.26. The molecule has 17 heavy (non-hydrogen) atoms. The zero-order valence-electron chi connectivity index (χ0n) is 9.94. The van der Waals surface area contributed by atoms with Gasteiger partial charge in [0.2, 0.25) is 0 Å². The fraction of sp³-hybridized carbons (Fsp3) is 0.455. The van der Waals surface area contributed by atoms with Crippen LogP contribution in [0.1, 0.15) is 36.9 Å². The van der Waals surface area contributed by atoms with E-state index >= 15 is 0 Å². The van der Waals surface area contributed by atoms with E-state index in [1.807, 2.05) is 20.8 Å². The maximum absolute atomic E-state index is 11.9. The van der Waals surface area contributed by atoms with Gasteiger partial charge in [-0.2, -0.15) is 0 Å². The van der Waals surface area contributed by atoms with Gasteiger partial charge in [-0.25, -0.2) is 4.79 Å². The Labute approximate surface area is 103 Å². The molecule has 0 saturated heterocycles. The van der Waals surface area contributed by atoms with Gasteiger partial charge in [-0.15, -0.1) is 11.3 Å². The smallest absolute Gasteiger partial charge is 0.449 e. The van der Waals surface area contributed by atoms with Gasteiger partial charge in [0.1, 0.15) is 4.88 Å². The van der Waals surface area contributed by atoms with Crippen LogP contribution in [0.4, 0.5) is 4.79 Å². The van der Waals surface area contributed by atoms with E-state index in [4.69, 9.17) is 5.11 Å². The van der Waals surface area contributed by atoms with E-state index in [1.165, 1.54) is 6.07 Å². The molecule has 94 valence electrons. The maximum atomic E-state index is 11.9. The second-order valence-corrected chi connectivity index (χ2v) is 5.09. The van der Waals surface area contributed by atoms with Crippen molar-refractivity contribution in [2.75, 3.05) is 0 Å². The molecule has 6 heteroatoms. The highest BCUT2D eigenvalue weighted by Crippen LogP contribution is 2.25. The average Bonchev–Trinajstić information content (AvgIpc) is 2.64. The van der Waals surface area contributed by atoms with Gasteiger partial charge in [-0.3, -0.25) is 4.79 Å². The lowest BCUT2D eigenvalue weighted by Gasteiger charge is -2.24. The molecule has 0 aliphatic heterocycles. The zero-order valence-corrected chi connectivity index (χ0v) is 10.8. The van der Waals surface area contributed by atoms with Gasteiger partial charge in [0, 0.05) is 5.54 Å². The van der Waals surface area contributed by atoms with Crippen molar-refractivity contribution in [2.24, 2.45) is 0 Å². The summed E-state index contributed by atoms with van der Waals surface area (Å²) < 4.78 is 4.52.